The Morgan fingerprint density at radius 2 is 1.63 bits per heavy atom. The van der Waals surface area contributed by atoms with Crippen LogP contribution in [0.5, 0.6) is 0 Å². The van der Waals surface area contributed by atoms with E-state index in [0.717, 1.165) is 28.0 Å². The molecule has 0 radical (unpaired) electrons. The first kappa shape index (κ1) is 24.3. The molecule has 4 heterocycles. The number of aromatic nitrogens is 1. The second kappa shape index (κ2) is 9.37. The van der Waals surface area contributed by atoms with Crippen LogP contribution >= 0.6 is 23.1 Å². The summed E-state index contributed by atoms with van der Waals surface area (Å²) in [5, 5.41) is 2.14. The molecule has 4 aromatic rings. The van der Waals surface area contributed by atoms with E-state index in [9.17, 15) is 28.0 Å². The number of furan rings is 1. The third-order valence-corrected chi connectivity index (χ3v) is 9.02. The van der Waals surface area contributed by atoms with Gasteiger partial charge in [-0.1, -0.05) is 23.1 Å². The number of rotatable bonds is 5. The summed E-state index contributed by atoms with van der Waals surface area (Å²) in [6.07, 6.45) is 1.45. The average molecular weight is 554 g/mol. The third kappa shape index (κ3) is 4.05. The molecule has 12 heteroatoms. The minimum absolute atomic E-state index is 0.244. The minimum atomic E-state index is -0.893. The second-order valence-electron chi connectivity index (χ2n) is 8.72. The van der Waals surface area contributed by atoms with Crippen molar-refractivity contribution in [2.45, 2.75) is 22.7 Å². The van der Waals surface area contributed by atoms with Crippen molar-refractivity contribution in [1.82, 2.24) is 4.57 Å². The third-order valence-electron chi connectivity index (χ3n) is 6.41. The molecule has 1 saturated heterocycles. The van der Waals surface area contributed by atoms with E-state index >= 15 is 0 Å². The van der Waals surface area contributed by atoms with Crippen molar-refractivity contribution in [3.05, 3.63) is 98.9 Å². The number of thioether (sulfide) groups is 1. The van der Waals surface area contributed by atoms with Crippen LogP contribution in [0, 0.1) is 17.6 Å². The minimum Gasteiger partial charge on any atom is -0.469 e. The second-order valence-corrected chi connectivity index (χ2v) is 10.8. The Kier molecular flexibility index (Phi) is 6.00. The van der Waals surface area contributed by atoms with Crippen LogP contribution in [0.3, 0.4) is 0 Å². The predicted octanol–water partition coefficient (Wildman–Crippen LogP) is 4.22. The van der Waals surface area contributed by atoms with Gasteiger partial charge in [-0.3, -0.25) is 23.7 Å². The first-order chi connectivity index (χ1) is 18.3. The SMILES string of the molecule is O=C(Cn1c2c(sc1=O)C(c1ccco1)C1C(=O)N(c3ccc(F)cc3)C(=O)C1S2)Nc1ccc(F)cc1. The van der Waals surface area contributed by atoms with Crippen LogP contribution in [0.25, 0.3) is 0 Å². The Bertz CT molecular complexity index is 1610. The Labute approximate surface area is 221 Å². The molecule has 0 spiro atoms. The van der Waals surface area contributed by atoms with Crippen molar-refractivity contribution in [2.75, 3.05) is 10.2 Å². The number of nitrogens with one attached hydrogen (secondary N) is 1. The summed E-state index contributed by atoms with van der Waals surface area (Å²) >= 11 is 1.95. The Morgan fingerprint density at radius 3 is 2.29 bits per heavy atom. The van der Waals surface area contributed by atoms with Crippen LogP contribution in [0.15, 0.2) is 81.2 Å². The molecule has 3 atom stereocenters. The molecule has 2 aliphatic heterocycles. The van der Waals surface area contributed by atoms with E-state index in [4.69, 9.17) is 4.42 Å². The van der Waals surface area contributed by atoms with E-state index in [0.29, 0.717) is 21.4 Å². The number of anilines is 2. The van der Waals surface area contributed by atoms with Crippen LogP contribution in [-0.4, -0.2) is 27.5 Å². The average Bonchev–Trinajstić information content (AvgIpc) is 3.59. The lowest BCUT2D eigenvalue weighted by molar-refractivity contribution is -0.122. The monoisotopic (exact) mass is 553 g/mol. The standard InChI is InChI=1S/C26H17F2N3O5S2/c27-13-3-7-15(8-4-13)29-18(32)12-30-25-22(38-26(30)35)19(17-2-1-11-36-17)20-21(37-25)24(34)31(23(20)33)16-9-5-14(28)6-10-16/h1-11,19-21H,12H2,(H,29,32). The van der Waals surface area contributed by atoms with Gasteiger partial charge in [-0.25, -0.2) is 13.7 Å². The normalized spacial score (nSPS) is 20.4. The fraction of sp³-hybridized carbons (Fsp3) is 0.154. The van der Waals surface area contributed by atoms with E-state index in [2.05, 4.69) is 5.32 Å². The molecule has 0 aliphatic carbocycles. The lowest BCUT2D eigenvalue weighted by Gasteiger charge is -2.29. The van der Waals surface area contributed by atoms with E-state index in [-0.39, 0.29) is 12.2 Å². The molecule has 38 heavy (non-hydrogen) atoms. The summed E-state index contributed by atoms with van der Waals surface area (Å²) in [6.45, 7) is -0.346. The van der Waals surface area contributed by atoms with Crippen LogP contribution in [0.4, 0.5) is 20.2 Å². The number of fused-ring (bicyclic) bond motifs is 2. The van der Waals surface area contributed by atoms with Gasteiger partial charge in [0.05, 0.1) is 33.7 Å². The Morgan fingerprint density at radius 1 is 0.947 bits per heavy atom. The van der Waals surface area contributed by atoms with Gasteiger partial charge in [0, 0.05) is 5.69 Å². The highest BCUT2D eigenvalue weighted by molar-refractivity contribution is 8.00. The van der Waals surface area contributed by atoms with Crippen molar-refractivity contribution < 1.29 is 27.6 Å². The number of amides is 3. The molecular formula is C26H17F2N3O5S2. The molecule has 2 aliphatic rings. The van der Waals surface area contributed by atoms with E-state index in [1.165, 1.54) is 59.4 Å². The predicted molar refractivity (Wildman–Crippen MR) is 136 cm³/mol. The first-order valence-electron chi connectivity index (χ1n) is 11.4. The molecule has 2 aromatic carbocycles. The zero-order chi connectivity index (χ0) is 26.6. The summed E-state index contributed by atoms with van der Waals surface area (Å²) in [4.78, 5) is 54.1. The molecule has 6 rings (SSSR count). The summed E-state index contributed by atoms with van der Waals surface area (Å²) < 4.78 is 33.6. The zero-order valence-corrected chi connectivity index (χ0v) is 20.9. The van der Waals surface area contributed by atoms with Crippen LogP contribution in [0.1, 0.15) is 16.6 Å². The number of nitrogens with zero attached hydrogens (tertiary/aromatic N) is 2. The highest BCUT2D eigenvalue weighted by atomic mass is 32.2. The van der Waals surface area contributed by atoms with Crippen LogP contribution < -0.4 is 15.1 Å². The van der Waals surface area contributed by atoms with Gasteiger partial charge in [0.2, 0.25) is 17.7 Å². The zero-order valence-electron chi connectivity index (χ0n) is 19.3. The molecule has 1 N–H and O–H groups in total. The number of hydrogen-bond acceptors (Lipinski definition) is 7. The Balaban J connectivity index is 1.38. The van der Waals surface area contributed by atoms with Gasteiger partial charge in [-0.15, -0.1) is 0 Å². The molecule has 0 saturated carbocycles. The van der Waals surface area contributed by atoms with Gasteiger partial charge in [0.15, 0.2) is 0 Å². The smallest absolute Gasteiger partial charge is 0.308 e. The summed E-state index contributed by atoms with van der Waals surface area (Å²) in [6, 6.07) is 13.6. The van der Waals surface area contributed by atoms with Crippen LogP contribution in [0.2, 0.25) is 0 Å². The summed E-state index contributed by atoms with van der Waals surface area (Å²) in [5.74, 6) is -3.63. The number of thiazole rings is 1. The van der Waals surface area contributed by atoms with Crippen molar-refractivity contribution in [2.24, 2.45) is 5.92 Å². The van der Waals surface area contributed by atoms with Crippen molar-refractivity contribution in [3.63, 3.8) is 0 Å². The van der Waals surface area contributed by atoms with Crippen molar-refractivity contribution >= 4 is 52.2 Å². The van der Waals surface area contributed by atoms with Gasteiger partial charge in [0.25, 0.3) is 0 Å². The fourth-order valence-corrected chi connectivity index (χ4v) is 7.51. The molecule has 3 amide bonds. The molecule has 1 fully saturated rings. The first-order valence-corrected chi connectivity index (χ1v) is 13.1. The highest BCUT2D eigenvalue weighted by Crippen LogP contribution is 2.53. The van der Waals surface area contributed by atoms with Gasteiger partial charge in [-0.05, 0) is 60.7 Å². The number of hydrogen-bond donors (Lipinski definition) is 1. The molecule has 192 valence electrons. The van der Waals surface area contributed by atoms with E-state index in [1.807, 2.05) is 0 Å². The van der Waals surface area contributed by atoms with E-state index in [1.54, 1.807) is 12.1 Å². The Hall–Kier alpha value is -4.03. The largest absolute Gasteiger partial charge is 0.469 e. The summed E-state index contributed by atoms with van der Waals surface area (Å²) in [7, 11) is 0. The van der Waals surface area contributed by atoms with Crippen molar-refractivity contribution in [3.8, 4) is 0 Å². The van der Waals surface area contributed by atoms with Gasteiger partial charge < -0.3 is 9.73 Å². The topological polar surface area (TPSA) is 102 Å². The quantitative estimate of drug-likeness (QED) is 0.372. The van der Waals surface area contributed by atoms with Gasteiger partial charge in [0.1, 0.15) is 29.2 Å². The van der Waals surface area contributed by atoms with Crippen LogP contribution in [-0.2, 0) is 20.9 Å². The van der Waals surface area contributed by atoms with E-state index < -0.39 is 51.3 Å². The highest BCUT2D eigenvalue weighted by Gasteiger charge is 2.57. The van der Waals surface area contributed by atoms with Gasteiger partial charge >= 0.3 is 4.87 Å². The van der Waals surface area contributed by atoms with Crippen molar-refractivity contribution in [1.29, 1.82) is 0 Å². The lowest BCUT2D eigenvalue weighted by Crippen LogP contribution is -2.32. The maximum atomic E-state index is 13.6. The maximum Gasteiger partial charge on any atom is 0.308 e. The number of imide groups is 1. The van der Waals surface area contributed by atoms with Gasteiger partial charge in [-0.2, -0.15) is 0 Å². The number of halogens is 2. The maximum absolute atomic E-state index is 13.6. The summed E-state index contributed by atoms with van der Waals surface area (Å²) in [5.41, 5.74) is 0.607. The molecule has 2 aromatic heterocycles. The molecular weight excluding hydrogens is 536 g/mol. The fourth-order valence-electron chi connectivity index (χ4n) is 4.75. The number of carbonyl (C=O) groups excluding carboxylic acids is 3. The number of carbonyl (C=O) groups is 3. The molecule has 0 bridgehead atoms. The molecule has 8 nitrogen and oxygen atoms in total. The lowest BCUT2D eigenvalue weighted by atomic mass is 9.87. The molecule has 3 unspecified atom stereocenters. The number of benzene rings is 2.